The molecule has 0 amide bonds. The van der Waals surface area contributed by atoms with Gasteiger partial charge in [0, 0.05) is 6.42 Å². The van der Waals surface area contributed by atoms with Crippen LogP contribution in [-0.4, -0.2) is 29.9 Å². The van der Waals surface area contributed by atoms with E-state index in [0.717, 1.165) is 31.4 Å². The van der Waals surface area contributed by atoms with Crippen molar-refractivity contribution < 1.29 is 17.6 Å². The van der Waals surface area contributed by atoms with Crippen LogP contribution in [0.5, 0.6) is 0 Å². The minimum absolute atomic E-state index is 0.0608. The summed E-state index contributed by atoms with van der Waals surface area (Å²) in [6.07, 6.45) is -0.451. The maximum Gasteiger partial charge on any atom is 0.416 e. The number of hydrogen-bond donors (Lipinski definition) is 1. The SMILES string of the molecule is C[C@@H](c1ccc(C(F)(F)F)cc1)n1nc(-c2nnco2)c2c(=O)[nH]c(CC3CC3)nc21. The molecule has 0 unspecified atom stereocenters. The molecule has 1 atom stereocenters. The highest BCUT2D eigenvalue weighted by atomic mass is 19.4. The fourth-order valence-corrected chi connectivity index (χ4v) is 3.57. The maximum atomic E-state index is 12.9. The van der Waals surface area contributed by atoms with Crippen molar-refractivity contribution in [1.82, 2.24) is 29.9 Å². The van der Waals surface area contributed by atoms with E-state index < -0.39 is 17.8 Å². The molecule has 0 aliphatic heterocycles. The standard InChI is InChI=1S/C20H17F3N6O2/c1-10(12-4-6-13(7-5-12)20(21,22)23)29-17-15(16(28-29)19-27-24-9-31-19)18(30)26-14(25-17)8-11-2-3-11/h4-7,9-11H,2-3,8H2,1H3,(H,25,26,30)/t10-/m0/s1. The molecule has 0 saturated heterocycles. The average Bonchev–Trinajstić information content (AvgIpc) is 3.23. The third-order valence-electron chi connectivity index (χ3n) is 5.44. The van der Waals surface area contributed by atoms with Gasteiger partial charge in [0.15, 0.2) is 11.3 Å². The van der Waals surface area contributed by atoms with E-state index in [1.807, 2.05) is 0 Å². The number of aromatic amines is 1. The molecular weight excluding hydrogens is 413 g/mol. The van der Waals surface area contributed by atoms with E-state index in [1.54, 1.807) is 6.92 Å². The van der Waals surface area contributed by atoms with E-state index in [4.69, 9.17) is 4.42 Å². The van der Waals surface area contributed by atoms with Crippen molar-refractivity contribution in [3.05, 3.63) is 58.0 Å². The van der Waals surface area contributed by atoms with Gasteiger partial charge in [-0.2, -0.15) is 18.3 Å². The zero-order valence-corrected chi connectivity index (χ0v) is 16.3. The molecule has 3 heterocycles. The maximum absolute atomic E-state index is 12.9. The molecule has 1 aliphatic carbocycles. The normalized spacial score (nSPS) is 15.5. The third kappa shape index (κ3) is 3.60. The summed E-state index contributed by atoms with van der Waals surface area (Å²) in [5, 5.41) is 12.2. The van der Waals surface area contributed by atoms with Crippen molar-refractivity contribution in [3.63, 3.8) is 0 Å². The predicted octanol–water partition coefficient (Wildman–Crippen LogP) is 3.75. The van der Waals surface area contributed by atoms with Gasteiger partial charge in [0.2, 0.25) is 6.39 Å². The molecule has 1 aliphatic rings. The predicted molar refractivity (Wildman–Crippen MR) is 103 cm³/mol. The number of halogens is 3. The van der Waals surface area contributed by atoms with Crippen LogP contribution in [0.1, 0.15) is 42.8 Å². The largest absolute Gasteiger partial charge is 0.422 e. The van der Waals surface area contributed by atoms with Crippen molar-refractivity contribution in [2.24, 2.45) is 5.92 Å². The third-order valence-corrected chi connectivity index (χ3v) is 5.44. The summed E-state index contributed by atoms with van der Waals surface area (Å²) in [5.74, 6) is 1.11. The minimum Gasteiger partial charge on any atom is -0.422 e. The molecule has 31 heavy (non-hydrogen) atoms. The first kappa shape index (κ1) is 19.5. The average molecular weight is 430 g/mol. The first-order valence-electron chi connectivity index (χ1n) is 9.76. The Morgan fingerprint density at radius 1 is 1.26 bits per heavy atom. The first-order valence-corrected chi connectivity index (χ1v) is 9.76. The molecule has 1 aromatic carbocycles. The lowest BCUT2D eigenvalue weighted by Gasteiger charge is -2.15. The van der Waals surface area contributed by atoms with E-state index in [0.29, 0.717) is 29.4 Å². The Morgan fingerprint density at radius 2 is 2.00 bits per heavy atom. The Morgan fingerprint density at radius 3 is 2.61 bits per heavy atom. The summed E-state index contributed by atoms with van der Waals surface area (Å²) < 4.78 is 45.5. The number of benzene rings is 1. The molecule has 3 aromatic heterocycles. The number of nitrogens with one attached hydrogen (secondary N) is 1. The molecular formula is C20H17F3N6O2. The summed E-state index contributed by atoms with van der Waals surface area (Å²) in [6, 6.07) is 4.34. The molecule has 1 fully saturated rings. The molecule has 0 bridgehead atoms. The number of fused-ring (bicyclic) bond motifs is 1. The van der Waals surface area contributed by atoms with Crippen LogP contribution in [0.2, 0.25) is 0 Å². The van der Waals surface area contributed by atoms with Crippen LogP contribution in [-0.2, 0) is 12.6 Å². The Bertz CT molecular complexity index is 1290. The number of alkyl halides is 3. The van der Waals surface area contributed by atoms with Crippen molar-refractivity contribution in [3.8, 4) is 11.6 Å². The van der Waals surface area contributed by atoms with Gasteiger partial charge in [-0.05, 0) is 43.4 Å². The van der Waals surface area contributed by atoms with Crippen LogP contribution in [0, 0.1) is 5.92 Å². The fourth-order valence-electron chi connectivity index (χ4n) is 3.57. The zero-order valence-electron chi connectivity index (χ0n) is 16.3. The number of H-pyrrole nitrogens is 1. The van der Waals surface area contributed by atoms with Crippen molar-refractivity contribution in [1.29, 1.82) is 0 Å². The van der Waals surface area contributed by atoms with E-state index in [-0.39, 0.29) is 22.5 Å². The number of nitrogens with zero attached hydrogens (tertiary/aromatic N) is 5. The minimum atomic E-state index is -4.42. The number of hydrogen-bond acceptors (Lipinski definition) is 6. The van der Waals surface area contributed by atoms with Crippen molar-refractivity contribution >= 4 is 11.0 Å². The lowest BCUT2D eigenvalue weighted by atomic mass is 10.1. The van der Waals surface area contributed by atoms with Crippen molar-refractivity contribution in [2.45, 2.75) is 38.4 Å². The van der Waals surface area contributed by atoms with E-state index in [9.17, 15) is 18.0 Å². The Balaban J connectivity index is 1.64. The number of rotatable bonds is 5. The summed E-state index contributed by atoms with van der Waals surface area (Å²) in [6.45, 7) is 1.77. The summed E-state index contributed by atoms with van der Waals surface area (Å²) in [4.78, 5) is 20.3. The molecule has 160 valence electrons. The molecule has 5 rings (SSSR count). The van der Waals surface area contributed by atoms with Crippen LogP contribution in [0.25, 0.3) is 22.6 Å². The summed E-state index contributed by atoms with van der Waals surface area (Å²) in [7, 11) is 0. The lowest BCUT2D eigenvalue weighted by molar-refractivity contribution is -0.137. The van der Waals surface area contributed by atoms with Gasteiger partial charge in [-0.1, -0.05) is 12.1 Å². The van der Waals surface area contributed by atoms with E-state index in [2.05, 4.69) is 25.3 Å². The van der Waals surface area contributed by atoms with Gasteiger partial charge < -0.3 is 9.40 Å². The first-order chi connectivity index (χ1) is 14.8. The molecule has 1 N–H and O–H groups in total. The molecule has 0 radical (unpaired) electrons. The van der Waals surface area contributed by atoms with Gasteiger partial charge in [-0.3, -0.25) is 4.79 Å². The quantitative estimate of drug-likeness (QED) is 0.517. The van der Waals surface area contributed by atoms with E-state index in [1.165, 1.54) is 16.8 Å². The van der Waals surface area contributed by atoms with E-state index >= 15 is 0 Å². The molecule has 4 aromatic rings. The van der Waals surface area contributed by atoms with Crippen LogP contribution < -0.4 is 5.56 Å². The van der Waals surface area contributed by atoms with Gasteiger partial charge in [0.05, 0.1) is 11.6 Å². The van der Waals surface area contributed by atoms with Gasteiger partial charge in [-0.25, -0.2) is 9.67 Å². The highest BCUT2D eigenvalue weighted by Crippen LogP contribution is 2.33. The Kier molecular flexibility index (Phi) is 4.42. The van der Waals surface area contributed by atoms with Crippen LogP contribution in [0.15, 0.2) is 39.9 Å². The van der Waals surface area contributed by atoms with Crippen LogP contribution in [0.4, 0.5) is 13.2 Å². The Hall–Kier alpha value is -3.50. The second-order valence-corrected chi connectivity index (χ2v) is 7.69. The topological polar surface area (TPSA) is 102 Å². The molecule has 0 spiro atoms. The van der Waals surface area contributed by atoms with Gasteiger partial charge in [0.25, 0.3) is 11.4 Å². The van der Waals surface area contributed by atoms with Crippen LogP contribution in [0.3, 0.4) is 0 Å². The van der Waals surface area contributed by atoms with Gasteiger partial charge in [-0.15, -0.1) is 10.2 Å². The summed E-state index contributed by atoms with van der Waals surface area (Å²) in [5.41, 5.74) is -0.0281. The van der Waals surface area contributed by atoms with Crippen LogP contribution >= 0.6 is 0 Å². The molecule has 1 saturated carbocycles. The smallest absolute Gasteiger partial charge is 0.416 e. The molecule has 8 nitrogen and oxygen atoms in total. The van der Waals surface area contributed by atoms with Crippen molar-refractivity contribution in [2.75, 3.05) is 0 Å². The summed E-state index contributed by atoms with van der Waals surface area (Å²) >= 11 is 0. The second kappa shape index (κ2) is 7.03. The molecule has 11 heteroatoms. The number of aromatic nitrogens is 6. The zero-order chi connectivity index (χ0) is 21.8. The highest BCUT2D eigenvalue weighted by Gasteiger charge is 2.31. The Labute approximate surface area is 173 Å². The monoisotopic (exact) mass is 430 g/mol. The second-order valence-electron chi connectivity index (χ2n) is 7.69. The van der Waals surface area contributed by atoms with Gasteiger partial charge in [0.1, 0.15) is 11.2 Å². The lowest BCUT2D eigenvalue weighted by Crippen LogP contribution is -2.15. The fraction of sp³-hybridized carbons (Fsp3) is 0.350. The highest BCUT2D eigenvalue weighted by molar-refractivity contribution is 5.88. The van der Waals surface area contributed by atoms with Gasteiger partial charge >= 0.3 is 6.18 Å².